The van der Waals surface area contributed by atoms with E-state index in [-0.39, 0.29) is 0 Å². The summed E-state index contributed by atoms with van der Waals surface area (Å²) in [6.07, 6.45) is 3.91. The first-order valence-electron chi connectivity index (χ1n) is 8.08. The molecule has 1 aromatic heterocycles. The number of aromatic nitrogens is 2. The predicted octanol–water partition coefficient (Wildman–Crippen LogP) is 2.47. The summed E-state index contributed by atoms with van der Waals surface area (Å²) < 4.78 is 1.94. The number of guanidine groups is 1. The van der Waals surface area contributed by atoms with Crippen LogP contribution in [-0.2, 0) is 6.54 Å². The molecule has 0 aliphatic heterocycles. The van der Waals surface area contributed by atoms with Crippen LogP contribution in [-0.4, -0.2) is 35.9 Å². The van der Waals surface area contributed by atoms with Crippen LogP contribution in [0.4, 0.5) is 0 Å². The van der Waals surface area contributed by atoms with Crippen molar-refractivity contribution in [3.8, 4) is 0 Å². The van der Waals surface area contributed by atoms with Gasteiger partial charge >= 0.3 is 0 Å². The van der Waals surface area contributed by atoms with Crippen LogP contribution in [0.5, 0.6) is 0 Å². The Kier molecular flexibility index (Phi) is 6.20. The van der Waals surface area contributed by atoms with E-state index in [1.165, 1.54) is 16.7 Å². The third-order valence-electron chi connectivity index (χ3n) is 3.84. The Morgan fingerprint density at radius 1 is 1.17 bits per heavy atom. The maximum absolute atomic E-state index is 4.28. The number of aryl methyl sites for hydroxylation is 2. The minimum Gasteiger partial charge on any atom is -0.356 e. The zero-order valence-corrected chi connectivity index (χ0v) is 14.5. The number of benzene rings is 1. The summed E-state index contributed by atoms with van der Waals surface area (Å²) in [6, 6.07) is 8.70. The zero-order chi connectivity index (χ0) is 16.7. The van der Waals surface area contributed by atoms with Crippen LogP contribution < -0.4 is 10.6 Å². The summed E-state index contributed by atoms with van der Waals surface area (Å²) in [5.41, 5.74) is 3.81. The molecule has 0 aliphatic carbocycles. The van der Waals surface area contributed by atoms with Crippen molar-refractivity contribution in [2.45, 2.75) is 33.2 Å². The normalized spacial score (nSPS) is 13.0. The second-order valence-corrected chi connectivity index (χ2v) is 5.97. The lowest BCUT2D eigenvalue weighted by Gasteiger charge is -2.16. The van der Waals surface area contributed by atoms with Gasteiger partial charge in [0.15, 0.2) is 5.96 Å². The molecule has 124 valence electrons. The Balaban J connectivity index is 1.75. The SMILES string of the molecule is CN=C(NCCn1cc(C)cn1)NCC(C)c1ccc(C)cc1. The lowest BCUT2D eigenvalue weighted by molar-refractivity contribution is 0.595. The molecular formula is C18H27N5. The number of hydrogen-bond donors (Lipinski definition) is 2. The molecule has 2 rings (SSSR count). The fourth-order valence-corrected chi connectivity index (χ4v) is 2.36. The van der Waals surface area contributed by atoms with Gasteiger partial charge in [0.25, 0.3) is 0 Å². The second kappa shape index (κ2) is 8.36. The molecule has 5 nitrogen and oxygen atoms in total. The molecule has 0 spiro atoms. The number of rotatable bonds is 6. The van der Waals surface area contributed by atoms with E-state index in [1.54, 1.807) is 7.05 Å². The molecule has 1 aromatic carbocycles. The molecule has 0 saturated carbocycles. The first-order chi connectivity index (χ1) is 11.1. The maximum Gasteiger partial charge on any atom is 0.191 e. The molecule has 0 radical (unpaired) electrons. The fraction of sp³-hybridized carbons (Fsp3) is 0.444. The second-order valence-electron chi connectivity index (χ2n) is 5.97. The summed E-state index contributed by atoms with van der Waals surface area (Å²) in [6.45, 7) is 8.84. The standard InChI is InChI=1S/C18H27N5/c1-14-5-7-17(8-6-14)16(3)12-21-18(19-4)20-9-10-23-13-15(2)11-22-23/h5-8,11,13,16H,9-10,12H2,1-4H3,(H2,19,20,21). The Bertz CT molecular complexity index is 627. The van der Waals surface area contributed by atoms with E-state index in [4.69, 9.17) is 0 Å². The largest absolute Gasteiger partial charge is 0.356 e. The first-order valence-corrected chi connectivity index (χ1v) is 8.08. The number of hydrogen-bond acceptors (Lipinski definition) is 2. The minimum atomic E-state index is 0.433. The van der Waals surface area contributed by atoms with E-state index in [0.29, 0.717) is 5.92 Å². The molecular weight excluding hydrogens is 286 g/mol. The molecule has 1 heterocycles. The van der Waals surface area contributed by atoms with Crippen molar-refractivity contribution in [1.29, 1.82) is 0 Å². The third-order valence-corrected chi connectivity index (χ3v) is 3.84. The van der Waals surface area contributed by atoms with E-state index in [1.807, 2.05) is 24.0 Å². The molecule has 0 bridgehead atoms. The minimum absolute atomic E-state index is 0.433. The molecule has 2 aromatic rings. The first kappa shape index (κ1) is 17.1. The van der Waals surface area contributed by atoms with Crippen molar-refractivity contribution in [3.05, 3.63) is 53.3 Å². The molecule has 23 heavy (non-hydrogen) atoms. The number of aliphatic imine (C=N–C) groups is 1. The van der Waals surface area contributed by atoms with Crippen LogP contribution >= 0.6 is 0 Å². The topological polar surface area (TPSA) is 54.2 Å². The summed E-state index contributed by atoms with van der Waals surface area (Å²) >= 11 is 0. The number of nitrogens with one attached hydrogen (secondary N) is 2. The molecule has 1 unspecified atom stereocenters. The number of nitrogens with zero attached hydrogens (tertiary/aromatic N) is 3. The van der Waals surface area contributed by atoms with Gasteiger partial charge in [-0.2, -0.15) is 5.10 Å². The smallest absolute Gasteiger partial charge is 0.191 e. The van der Waals surface area contributed by atoms with Gasteiger partial charge in [-0.1, -0.05) is 36.8 Å². The van der Waals surface area contributed by atoms with Gasteiger partial charge in [-0.15, -0.1) is 0 Å². The highest BCUT2D eigenvalue weighted by Crippen LogP contribution is 2.14. The zero-order valence-electron chi connectivity index (χ0n) is 14.5. The highest BCUT2D eigenvalue weighted by molar-refractivity contribution is 5.79. The van der Waals surface area contributed by atoms with Crippen molar-refractivity contribution < 1.29 is 0 Å². The molecule has 0 fully saturated rings. The molecule has 2 N–H and O–H groups in total. The molecule has 0 amide bonds. The summed E-state index contributed by atoms with van der Waals surface area (Å²) in [5.74, 6) is 1.26. The van der Waals surface area contributed by atoms with Gasteiger partial charge in [0.05, 0.1) is 12.7 Å². The monoisotopic (exact) mass is 313 g/mol. The van der Waals surface area contributed by atoms with E-state index in [9.17, 15) is 0 Å². The predicted molar refractivity (Wildman–Crippen MR) is 95.9 cm³/mol. The van der Waals surface area contributed by atoms with Gasteiger partial charge in [-0.05, 0) is 30.9 Å². The van der Waals surface area contributed by atoms with Crippen LogP contribution in [0.2, 0.25) is 0 Å². The van der Waals surface area contributed by atoms with E-state index in [2.05, 4.69) is 58.8 Å². The van der Waals surface area contributed by atoms with Gasteiger partial charge < -0.3 is 10.6 Å². The third kappa shape index (κ3) is 5.43. The molecule has 0 aliphatic rings. The highest BCUT2D eigenvalue weighted by Gasteiger charge is 2.06. The van der Waals surface area contributed by atoms with Crippen molar-refractivity contribution in [1.82, 2.24) is 20.4 Å². The average Bonchev–Trinajstić information content (AvgIpc) is 2.96. The van der Waals surface area contributed by atoms with Crippen molar-refractivity contribution in [2.24, 2.45) is 4.99 Å². The van der Waals surface area contributed by atoms with E-state index >= 15 is 0 Å². The van der Waals surface area contributed by atoms with Gasteiger partial charge in [-0.25, -0.2) is 0 Å². The Morgan fingerprint density at radius 3 is 2.52 bits per heavy atom. The Hall–Kier alpha value is -2.30. The van der Waals surface area contributed by atoms with Crippen LogP contribution in [0, 0.1) is 13.8 Å². The summed E-state index contributed by atoms with van der Waals surface area (Å²) in [7, 11) is 1.80. The maximum atomic E-state index is 4.28. The van der Waals surface area contributed by atoms with Crippen LogP contribution in [0.25, 0.3) is 0 Å². The van der Waals surface area contributed by atoms with Crippen molar-refractivity contribution in [2.75, 3.05) is 20.1 Å². The molecule has 0 saturated heterocycles. The lowest BCUT2D eigenvalue weighted by Crippen LogP contribution is -2.40. The van der Waals surface area contributed by atoms with Gasteiger partial charge in [0.1, 0.15) is 0 Å². The van der Waals surface area contributed by atoms with Crippen molar-refractivity contribution >= 4 is 5.96 Å². The van der Waals surface area contributed by atoms with Crippen LogP contribution in [0.15, 0.2) is 41.7 Å². The summed E-state index contributed by atoms with van der Waals surface area (Å²) in [5, 5.41) is 11.0. The van der Waals surface area contributed by atoms with E-state index < -0.39 is 0 Å². The molecule has 1 atom stereocenters. The molecule has 5 heteroatoms. The highest BCUT2D eigenvalue weighted by atomic mass is 15.3. The van der Waals surface area contributed by atoms with Crippen LogP contribution in [0.3, 0.4) is 0 Å². The quantitative estimate of drug-likeness (QED) is 0.636. The lowest BCUT2D eigenvalue weighted by atomic mass is 10.0. The average molecular weight is 313 g/mol. The van der Waals surface area contributed by atoms with E-state index in [0.717, 1.165) is 25.6 Å². The van der Waals surface area contributed by atoms with Crippen molar-refractivity contribution in [3.63, 3.8) is 0 Å². The van der Waals surface area contributed by atoms with Gasteiger partial charge in [-0.3, -0.25) is 9.67 Å². The Morgan fingerprint density at radius 2 is 1.91 bits per heavy atom. The Labute approximate surface area is 138 Å². The van der Waals surface area contributed by atoms with Crippen LogP contribution in [0.1, 0.15) is 29.5 Å². The fourth-order valence-electron chi connectivity index (χ4n) is 2.36. The summed E-state index contributed by atoms with van der Waals surface area (Å²) in [4.78, 5) is 4.27. The van der Waals surface area contributed by atoms with Gasteiger partial charge in [0, 0.05) is 26.3 Å². The van der Waals surface area contributed by atoms with Gasteiger partial charge in [0.2, 0.25) is 0 Å².